The quantitative estimate of drug-likeness (QED) is 0.489. The lowest BCUT2D eigenvalue weighted by Gasteiger charge is -2.11. The summed E-state index contributed by atoms with van der Waals surface area (Å²) in [6.45, 7) is 2.01. The van der Waals surface area contributed by atoms with E-state index >= 15 is 0 Å². The van der Waals surface area contributed by atoms with Crippen molar-refractivity contribution in [3.05, 3.63) is 65.2 Å². The molecule has 1 aliphatic heterocycles. The minimum Gasteiger partial charge on any atom is -0.268 e. The molecular weight excluding hydrogens is 290 g/mol. The number of fused-ring (bicyclic) bond motifs is 1. The van der Waals surface area contributed by atoms with Gasteiger partial charge in [0, 0.05) is 15.9 Å². The minimum absolute atomic E-state index is 0.240. The van der Waals surface area contributed by atoms with Gasteiger partial charge >= 0.3 is 0 Å². The molecule has 0 saturated carbocycles. The Hall–Kier alpha value is -1.72. The highest BCUT2D eigenvalue weighted by Crippen LogP contribution is 2.39. The third-order valence-corrected chi connectivity index (χ3v) is 5.20. The molecule has 0 N–H and O–H groups in total. The van der Waals surface area contributed by atoms with Crippen LogP contribution in [0.1, 0.15) is 26.3 Å². The number of aryl methyl sites for hydroxylation is 1. The highest BCUT2D eigenvalue weighted by atomic mass is 33.1. The van der Waals surface area contributed by atoms with Crippen molar-refractivity contribution in [3.63, 3.8) is 0 Å². The summed E-state index contributed by atoms with van der Waals surface area (Å²) >= 11 is 0. The number of nitrogens with zero attached hydrogens (tertiary/aromatic N) is 1. The summed E-state index contributed by atoms with van der Waals surface area (Å²) in [6, 6.07) is 14.9. The molecule has 1 heterocycles. The van der Waals surface area contributed by atoms with Crippen LogP contribution in [0.3, 0.4) is 0 Å². The lowest BCUT2D eigenvalue weighted by molar-refractivity contribution is 0.0779. The van der Waals surface area contributed by atoms with Gasteiger partial charge in [0.05, 0.1) is 11.1 Å². The molecule has 3 nitrogen and oxygen atoms in total. The zero-order valence-corrected chi connectivity index (χ0v) is 12.3. The Kier molecular flexibility index (Phi) is 3.54. The van der Waals surface area contributed by atoms with Gasteiger partial charge in [-0.25, -0.2) is 4.31 Å². The van der Waals surface area contributed by atoms with Gasteiger partial charge in [-0.15, -0.1) is 0 Å². The summed E-state index contributed by atoms with van der Waals surface area (Å²) in [5, 5.41) is 0. The summed E-state index contributed by atoms with van der Waals surface area (Å²) in [6.07, 6.45) is 0. The van der Waals surface area contributed by atoms with Gasteiger partial charge in [-0.05, 0) is 47.5 Å². The van der Waals surface area contributed by atoms with E-state index in [2.05, 4.69) is 0 Å². The zero-order chi connectivity index (χ0) is 14.1. The Morgan fingerprint density at radius 3 is 2.15 bits per heavy atom. The molecule has 0 atom stereocenters. The number of carbonyl (C=O) groups excluding carboxylic acids is 2. The molecule has 2 aromatic rings. The fraction of sp³-hybridized carbons (Fsp3) is 0.0667. The first-order chi connectivity index (χ1) is 9.66. The summed E-state index contributed by atoms with van der Waals surface area (Å²) in [5.74, 6) is -0.480. The standard InChI is InChI=1S/C15H11NO2S2/c1-10-5-4-6-11(9-10)19-20-16-14(17)12-7-2-3-8-13(12)15(16)18/h2-9H,1H3. The molecule has 0 unspecified atom stereocenters. The van der Waals surface area contributed by atoms with E-state index in [1.807, 2.05) is 31.2 Å². The predicted molar refractivity (Wildman–Crippen MR) is 81.6 cm³/mol. The molecule has 0 radical (unpaired) electrons. The van der Waals surface area contributed by atoms with E-state index in [9.17, 15) is 9.59 Å². The SMILES string of the molecule is Cc1cccc(SSN2C(=O)c3ccccc3C2=O)c1. The molecular formula is C15H11NO2S2. The van der Waals surface area contributed by atoms with Crippen molar-refractivity contribution >= 4 is 33.6 Å². The van der Waals surface area contributed by atoms with Crippen LogP contribution in [0, 0.1) is 6.92 Å². The van der Waals surface area contributed by atoms with Crippen molar-refractivity contribution in [2.24, 2.45) is 0 Å². The number of hydrogen-bond acceptors (Lipinski definition) is 4. The minimum atomic E-state index is -0.240. The molecule has 5 heteroatoms. The molecule has 0 aliphatic carbocycles. The van der Waals surface area contributed by atoms with E-state index in [0.717, 1.165) is 10.5 Å². The van der Waals surface area contributed by atoms with Gasteiger partial charge in [0.1, 0.15) is 0 Å². The van der Waals surface area contributed by atoms with E-state index in [-0.39, 0.29) is 11.8 Å². The number of benzene rings is 2. The van der Waals surface area contributed by atoms with Crippen molar-refractivity contribution in [1.29, 1.82) is 0 Å². The Labute approximate surface area is 124 Å². The van der Waals surface area contributed by atoms with Crippen LogP contribution in [0.4, 0.5) is 0 Å². The maximum atomic E-state index is 12.2. The Balaban J connectivity index is 1.77. The second-order valence-electron chi connectivity index (χ2n) is 4.42. The van der Waals surface area contributed by atoms with Crippen LogP contribution in [-0.4, -0.2) is 16.1 Å². The van der Waals surface area contributed by atoms with E-state index in [1.165, 1.54) is 26.1 Å². The van der Waals surface area contributed by atoms with Crippen LogP contribution in [0.2, 0.25) is 0 Å². The first kappa shape index (κ1) is 13.3. The van der Waals surface area contributed by atoms with Gasteiger partial charge in [-0.1, -0.05) is 24.3 Å². The maximum Gasteiger partial charge on any atom is 0.272 e. The van der Waals surface area contributed by atoms with Gasteiger partial charge in [0.25, 0.3) is 11.8 Å². The van der Waals surface area contributed by atoms with Gasteiger partial charge in [-0.3, -0.25) is 9.59 Å². The molecule has 0 saturated heterocycles. The Morgan fingerprint density at radius 1 is 0.900 bits per heavy atom. The topological polar surface area (TPSA) is 37.4 Å². The lowest BCUT2D eigenvalue weighted by Crippen LogP contribution is -2.20. The highest BCUT2D eigenvalue weighted by Gasteiger charge is 2.36. The van der Waals surface area contributed by atoms with Crippen molar-refractivity contribution in [2.45, 2.75) is 11.8 Å². The first-order valence-electron chi connectivity index (χ1n) is 6.06. The van der Waals surface area contributed by atoms with Crippen LogP contribution in [0.25, 0.3) is 0 Å². The van der Waals surface area contributed by atoms with Gasteiger partial charge in [-0.2, -0.15) is 0 Å². The number of amides is 2. The number of rotatable bonds is 3. The van der Waals surface area contributed by atoms with Gasteiger partial charge in [0.2, 0.25) is 0 Å². The largest absolute Gasteiger partial charge is 0.272 e. The predicted octanol–water partition coefficient (Wildman–Crippen LogP) is 3.95. The molecule has 2 aromatic carbocycles. The van der Waals surface area contributed by atoms with Crippen LogP contribution < -0.4 is 0 Å². The molecule has 1 aliphatic rings. The average Bonchev–Trinajstić information content (AvgIpc) is 2.70. The van der Waals surface area contributed by atoms with Crippen molar-refractivity contribution in [1.82, 2.24) is 4.31 Å². The smallest absolute Gasteiger partial charge is 0.268 e. The second kappa shape index (κ2) is 5.34. The second-order valence-corrected chi connectivity index (χ2v) is 6.52. The average molecular weight is 301 g/mol. The van der Waals surface area contributed by atoms with Crippen LogP contribution in [-0.2, 0) is 0 Å². The molecule has 100 valence electrons. The Morgan fingerprint density at radius 2 is 1.55 bits per heavy atom. The number of imide groups is 1. The zero-order valence-electron chi connectivity index (χ0n) is 10.7. The van der Waals surface area contributed by atoms with Gasteiger partial charge < -0.3 is 0 Å². The van der Waals surface area contributed by atoms with E-state index in [1.54, 1.807) is 24.3 Å². The van der Waals surface area contributed by atoms with Crippen LogP contribution in [0.5, 0.6) is 0 Å². The first-order valence-corrected chi connectivity index (χ1v) is 8.16. The fourth-order valence-corrected chi connectivity index (χ4v) is 4.04. The van der Waals surface area contributed by atoms with E-state index in [0.29, 0.717) is 11.1 Å². The van der Waals surface area contributed by atoms with E-state index in [4.69, 9.17) is 0 Å². The van der Waals surface area contributed by atoms with Crippen LogP contribution >= 0.6 is 21.8 Å². The molecule has 0 aromatic heterocycles. The van der Waals surface area contributed by atoms with Crippen molar-refractivity contribution in [3.8, 4) is 0 Å². The van der Waals surface area contributed by atoms with Gasteiger partial charge in [0.15, 0.2) is 0 Å². The molecule has 0 fully saturated rings. The lowest BCUT2D eigenvalue weighted by atomic mass is 10.1. The third kappa shape index (κ3) is 2.34. The number of carbonyl (C=O) groups is 2. The van der Waals surface area contributed by atoms with Crippen molar-refractivity contribution in [2.75, 3.05) is 0 Å². The normalized spacial score (nSPS) is 13.8. The summed E-state index contributed by atoms with van der Waals surface area (Å²) in [4.78, 5) is 25.4. The summed E-state index contributed by atoms with van der Waals surface area (Å²) in [7, 11) is 2.58. The molecule has 0 bridgehead atoms. The third-order valence-electron chi connectivity index (χ3n) is 2.95. The Bertz CT molecular complexity index is 665. The number of hydrogen-bond donors (Lipinski definition) is 0. The van der Waals surface area contributed by atoms with Crippen LogP contribution in [0.15, 0.2) is 53.4 Å². The molecule has 0 spiro atoms. The monoisotopic (exact) mass is 301 g/mol. The van der Waals surface area contributed by atoms with Crippen molar-refractivity contribution < 1.29 is 9.59 Å². The fourth-order valence-electron chi connectivity index (χ4n) is 1.98. The summed E-state index contributed by atoms with van der Waals surface area (Å²) < 4.78 is 1.22. The summed E-state index contributed by atoms with van der Waals surface area (Å²) in [5.41, 5.74) is 2.11. The van der Waals surface area contributed by atoms with E-state index < -0.39 is 0 Å². The highest BCUT2D eigenvalue weighted by molar-refractivity contribution is 8.76. The molecule has 20 heavy (non-hydrogen) atoms. The maximum absolute atomic E-state index is 12.2. The molecule has 3 rings (SSSR count). The molecule has 2 amide bonds.